The SMILES string of the molecule is C=C(C)COCCNC1CC(OC)C1. The van der Waals surface area contributed by atoms with Crippen LogP contribution in [0.15, 0.2) is 12.2 Å². The first kappa shape index (κ1) is 11.7. The summed E-state index contributed by atoms with van der Waals surface area (Å²) in [7, 11) is 1.77. The van der Waals surface area contributed by atoms with E-state index in [0.29, 0.717) is 18.8 Å². The van der Waals surface area contributed by atoms with Gasteiger partial charge in [-0.1, -0.05) is 12.2 Å². The van der Waals surface area contributed by atoms with Gasteiger partial charge in [-0.25, -0.2) is 0 Å². The number of hydrogen-bond donors (Lipinski definition) is 1. The average molecular weight is 199 g/mol. The minimum atomic E-state index is 0.476. The minimum Gasteiger partial charge on any atom is -0.381 e. The molecular weight excluding hydrogens is 178 g/mol. The number of ether oxygens (including phenoxy) is 2. The Labute approximate surface area is 86.5 Å². The summed E-state index contributed by atoms with van der Waals surface area (Å²) in [5, 5.41) is 3.42. The molecule has 14 heavy (non-hydrogen) atoms. The molecule has 0 aromatic carbocycles. The highest BCUT2D eigenvalue weighted by molar-refractivity contribution is 4.87. The molecule has 1 saturated carbocycles. The van der Waals surface area contributed by atoms with Gasteiger partial charge >= 0.3 is 0 Å². The van der Waals surface area contributed by atoms with Gasteiger partial charge in [-0.15, -0.1) is 0 Å². The van der Waals surface area contributed by atoms with Crippen LogP contribution in [0.25, 0.3) is 0 Å². The van der Waals surface area contributed by atoms with Gasteiger partial charge in [0.2, 0.25) is 0 Å². The maximum atomic E-state index is 5.37. The van der Waals surface area contributed by atoms with Gasteiger partial charge < -0.3 is 14.8 Å². The second kappa shape index (κ2) is 6.17. The van der Waals surface area contributed by atoms with Crippen LogP contribution in [0.5, 0.6) is 0 Å². The molecule has 3 nitrogen and oxygen atoms in total. The van der Waals surface area contributed by atoms with Crippen molar-refractivity contribution < 1.29 is 9.47 Å². The zero-order valence-electron chi connectivity index (χ0n) is 9.21. The lowest BCUT2D eigenvalue weighted by Gasteiger charge is -2.34. The van der Waals surface area contributed by atoms with E-state index < -0.39 is 0 Å². The van der Waals surface area contributed by atoms with Crippen LogP contribution in [0.2, 0.25) is 0 Å². The normalized spacial score (nSPS) is 25.9. The first-order chi connectivity index (χ1) is 6.72. The molecule has 0 bridgehead atoms. The van der Waals surface area contributed by atoms with Crippen LogP contribution < -0.4 is 5.32 Å². The topological polar surface area (TPSA) is 30.5 Å². The van der Waals surface area contributed by atoms with E-state index in [0.717, 1.165) is 31.6 Å². The summed E-state index contributed by atoms with van der Waals surface area (Å²) in [4.78, 5) is 0. The fraction of sp³-hybridized carbons (Fsp3) is 0.818. The van der Waals surface area contributed by atoms with Crippen molar-refractivity contribution in [2.24, 2.45) is 0 Å². The van der Waals surface area contributed by atoms with Crippen molar-refractivity contribution in [3.63, 3.8) is 0 Å². The molecule has 82 valence electrons. The smallest absolute Gasteiger partial charge is 0.0672 e. The van der Waals surface area contributed by atoms with E-state index in [4.69, 9.17) is 9.47 Å². The first-order valence-electron chi connectivity index (χ1n) is 5.20. The van der Waals surface area contributed by atoms with Crippen LogP contribution in [0, 0.1) is 0 Å². The summed E-state index contributed by atoms with van der Waals surface area (Å²) in [5.41, 5.74) is 1.08. The molecule has 0 amide bonds. The van der Waals surface area contributed by atoms with Crippen molar-refractivity contribution in [2.45, 2.75) is 31.9 Å². The Morgan fingerprint density at radius 3 is 2.79 bits per heavy atom. The lowest BCUT2D eigenvalue weighted by molar-refractivity contribution is 0.0153. The van der Waals surface area contributed by atoms with Gasteiger partial charge in [0, 0.05) is 19.7 Å². The van der Waals surface area contributed by atoms with Gasteiger partial charge in [-0.2, -0.15) is 0 Å². The highest BCUT2D eigenvalue weighted by Crippen LogP contribution is 2.21. The summed E-state index contributed by atoms with van der Waals surface area (Å²) in [6.07, 6.45) is 2.75. The Kier molecular flexibility index (Phi) is 5.15. The van der Waals surface area contributed by atoms with Gasteiger partial charge in [0.1, 0.15) is 0 Å². The fourth-order valence-electron chi connectivity index (χ4n) is 1.51. The molecule has 0 unspecified atom stereocenters. The molecule has 0 spiro atoms. The molecule has 1 rings (SSSR count). The Bertz CT molecular complexity index is 176. The monoisotopic (exact) mass is 199 g/mol. The fourth-order valence-corrected chi connectivity index (χ4v) is 1.51. The average Bonchev–Trinajstić information content (AvgIpc) is 2.07. The van der Waals surface area contributed by atoms with Gasteiger partial charge in [0.15, 0.2) is 0 Å². The summed E-state index contributed by atoms with van der Waals surface area (Å²) in [6.45, 7) is 8.11. The molecule has 3 heteroatoms. The molecule has 0 aliphatic heterocycles. The molecule has 0 atom stereocenters. The third-order valence-corrected chi connectivity index (χ3v) is 2.46. The van der Waals surface area contributed by atoms with E-state index >= 15 is 0 Å². The van der Waals surface area contributed by atoms with Crippen LogP contribution in [0.4, 0.5) is 0 Å². The van der Waals surface area contributed by atoms with Crippen molar-refractivity contribution in [1.29, 1.82) is 0 Å². The molecule has 0 aromatic rings. The Hall–Kier alpha value is -0.380. The van der Waals surface area contributed by atoms with E-state index in [2.05, 4.69) is 11.9 Å². The Morgan fingerprint density at radius 1 is 1.50 bits per heavy atom. The van der Waals surface area contributed by atoms with E-state index in [-0.39, 0.29) is 0 Å². The van der Waals surface area contributed by atoms with E-state index in [1.807, 2.05) is 6.92 Å². The van der Waals surface area contributed by atoms with Crippen molar-refractivity contribution in [1.82, 2.24) is 5.32 Å². The van der Waals surface area contributed by atoms with Crippen molar-refractivity contribution in [3.8, 4) is 0 Å². The second-order valence-corrected chi connectivity index (χ2v) is 3.99. The van der Waals surface area contributed by atoms with Crippen molar-refractivity contribution >= 4 is 0 Å². The van der Waals surface area contributed by atoms with Crippen LogP contribution in [0.1, 0.15) is 19.8 Å². The predicted molar refractivity (Wildman–Crippen MR) is 57.5 cm³/mol. The van der Waals surface area contributed by atoms with Gasteiger partial charge in [-0.05, 0) is 19.8 Å². The molecule has 1 aliphatic carbocycles. The molecular formula is C11H21NO2. The van der Waals surface area contributed by atoms with Crippen molar-refractivity contribution in [3.05, 3.63) is 12.2 Å². The molecule has 0 aromatic heterocycles. The first-order valence-corrected chi connectivity index (χ1v) is 5.20. The maximum absolute atomic E-state index is 5.37. The lowest BCUT2D eigenvalue weighted by Crippen LogP contribution is -2.46. The summed E-state index contributed by atoms with van der Waals surface area (Å²) >= 11 is 0. The van der Waals surface area contributed by atoms with Crippen LogP contribution in [0.3, 0.4) is 0 Å². The van der Waals surface area contributed by atoms with Crippen LogP contribution in [-0.2, 0) is 9.47 Å². The quantitative estimate of drug-likeness (QED) is 0.496. The molecule has 1 N–H and O–H groups in total. The molecule has 1 fully saturated rings. The third-order valence-electron chi connectivity index (χ3n) is 2.46. The number of hydrogen-bond acceptors (Lipinski definition) is 3. The number of nitrogens with one attached hydrogen (secondary N) is 1. The maximum Gasteiger partial charge on any atom is 0.0672 e. The Morgan fingerprint density at radius 2 is 2.21 bits per heavy atom. The predicted octanol–water partition coefficient (Wildman–Crippen LogP) is 1.35. The minimum absolute atomic E-state index is 0.476. The molecule has 0 radical (unpaired) electrons. The Balaban J connectivity index is 1.84. The van der Waals surface area contributed by atoms with Gasteiger partial charge in [-0.3, -0.25) is 0 Å². The number of methoxy groups -OCH3 is 1. The zero-order valence-corrected chi connectivity index (χ0v) is 9.21. The third kappa shape index (κ3) is 4.22. The molecule has 0 heterocycles. The lowest BCUT2D eigenvalue weighted by atomic mass is 9.89. The van der Waals surface area contributed by atoms with E-state index in [9.17, 15) is 0 Å². The van der Waals surface area contributed by atoms with Crippen molar-refractivity contribution in [2.75, 3.05) is 26.9 Å². The zero-order chi connectivity index (χ0) is 10.4. The standard InChI is InChI=1S/C11H21NO2/c1-9(2)8-14-5-4-12-10-6-11(7-10)13-3/h10-12H,1,4-8H2,2-3H3. The molecule has 0 saturated heterocycles. The highest BCUT2D eigenvalue weighted by Gasteiger charge is 2.27. The van der Waals surface area contributed by atoms with Gasteiger partial charge in [0.05, 0.1) is 19.3 Å². The van der Waals surface area contributed by atoms with Crippen LogP contribution >= 0.6 is 0 Å². The van der Waals surface area contributed by atoms with E-state index in [1.165, 1.54) is 0 Å². The largest absolute Gasteiger partial charge is 0.381 e. The van der Waals surface area contributed by atoms with E-state index in [1.54, 1.807) is 7.11 Å². The van der Waals surface area contributed by atoms with Crippen LogP contribution in [-0.4, -0.2) is 39.0 Å². The number of rotatable bonds is 7. The summed E-state index contributed by atoms with van der Waals surface area (Å²) in [6, 6.07) is 0.633. The summed E-state index contributed by atoms with van der Waals surface area (Å²) in [5.74, 6) is 0. The summed E-state index contributed by atoms with van der Waals surface area (Å²) < 4.78 is 10.6. The highest BCUT2D eigenvalue weighted by atomic mass is 16.5. The van der Waals surface area contributed by atoms with Gasteiger partial charge in [0.25, 0.3) is 0 Å². The second-order valence-electron chi connectivity index (χ2n) is 3.99. The molecule has 1 aliphatic rings.